The first kappa shape index (κ1) is 25.9. The summed E-state index contributed by atoms with van der Waals surface area (Å²) < 4.78 is 6.29. The lowest BCUT2D eigenvalue weighted by atomic mass is 10.0. The predicted molar refractivity (Wildman–Crippen MR) is 117 cm³/mol. The highest BCUT2D eigenvalue weighted by Crippen LogP contribution is 2.14. The van der Waals surface area contributed by atoms with E-state index in [0.29, 0.717) is 12.2 Å². The minimum atomic E-state index is 0.312. The van der Waals surface area contributed by atoms with Crippen molar-refractivity contribution in [3.8, 4) is 0 Å². The fraction of sp³-hybridized carbons (Fsp3) is 1.00. The molecule has 0 amide bonds. The predicted octanol–water partition coefficient (Wildman–Crippen LogP) is 5.97. The van der Waals surface area contributed by atoms with Crippen LogP contribution in [0.4, 0.5) is 0 Å². The molecule has 0 aliphatic carbocycles. The van der Waals surface area contributed by atoms with Crippen molar-refractivity contribution in [3.05, 3.63) is 0 Å². The molecule has 26 heavy (non-hydrogen) atoms. The molecule has 3 heteroatoms. The van der Waals surface area contributed by atoms with Crippen LogP contribution in [-0.4, -0.2) is 63.3 Å². The highest BCUT2D eigenvalue weighted by Gasteiger charge is 2.15. The van der Waals surface area contributed by atoms with E-state index in [4.69, 9.17) is 4.74 Å². The van der Waals surface area contributed by atoms with Gasteiger partial charge in [0.1, 0.15) is 0 Å². The number of hydrogen-bond acceptors (Lipinski definition) is 3. The molecule has 0 aromatic carbocycles. The Balaban J connectivity index is 3.53. The summed E-state index contributed by atoms with van der Waals surface area (Å²) in [6.45, 7) is 6.54. The maximum atomic E-state index is 6.29. The summed E-state index contributed by atoms with van der Waals surface area (Å²) in [4.78, 5) is 4.45. The van der Waals surface area contributed by atoms with Gasteiger partial charge in [-0.15, -0.1) is 0 Å². The zero-order valence-corrected chi connectivity index (χ0v) is 19.1. The van der Waals surface area contributed by atoms with Gasteiger partial charge in [0.2, 0.25) is 0 Å². The first-order valence-electron chi connectivity index (χ1n) is 11.4. The van der Waals surface area contributed by atoms with E-state index in [1.807, 2.05) is 0 Å². The number of unbranched alkanes of at least 4 members (excludes halogenated alkanes) is 11. The van der Waals surface area contributed by atoms with Crippen LogP contribution >= 0.6 is 0 Å². The molecule has 3 nitrogen and oxygen atoms in total. The second-order valence-corrected chi connectivity index (χ2v) is 8.77. The van der Waals surface area contributed by atoms with Crippen LogP contribution in [0.1, 0.15) is 97.3 Å². The Hall–Kier alpha value is -0.120. The quantitative estimate of drug-likeness (QED) is 0.260. The number of rotatable bonds is 19. The summed E-state index contributed by atoms with van der Waals surface area (Å²) in [5.74, 6) is 0. The third kappa shape index (κ3) is 18.7. The molecule has 0 aliphatic heterocycles. The van der Waals surface area contributed by atoms with Crippen LogP contribution in [0.3, 0.4) is 0 Å². The van der Waals surface area contributed by atoms with Crippen LogP contribution in [0.5, 0.6) is 0 Å². The molecule has 0 heterocycles. The average Bonchev–Trinajstić information content (AvgIpc) is 2.54. The highest BCUT2D eigenvalue weighted by atomic mass is 16.5. The van der Waals surface area contributed by atoms with Gasteiger partial charge in [-0.25, -0.2) is 0 Å². The summed E-state index contributed by atoms with van der Waals surface area (Å²) in [6, 6.07) is 0. The van der Waals surface area contributed by atoms with Crippen LogP contribution in [0, 0.1) is 0 Å². The molecule has 0 spiro atoms. The molecule has 0 radical (unpaired) electrons. The zero-order chi connectivity index (χ0) is 19.6. The SMILES string of the molecule is CCCCCCCCCCCCCCC(C)OC(CN(C)C)CN(C)C. The first-order chi connectivity index (χ1) is 12.5. The second-order valence-electron chi connectivity index (χ2n) is 8.77. The first-order valence-corrected chi connectivity index (χ1v) is 11.4. The van der Waals surface area contributed by atoms with Crippen molar-refractivity contribution in [2.45, 2.75) is 110 Å². The normalized spacial score (nSPS) is 13.3. The van der Waals surface area contributed by atoms with Gasteiger partial charge in [0.15, 0.2) is 0 Å². The molecular formula is C23H50N2O. The number of likely N-dealkylation sites (N-methyl/N-ethyl adjacent to an activating group) is 2. The van der Waals surface area contributed by atoms with Crippen molar-refractivity contribution in [1.29, 1.82) is 0 Å². The fourth-order valence-corrected chi connectivity index (χ4v) is 3.63. The Labute approximate surface area is 165 Å². The highest BCUT2D eigenvalue weighted by molar-refractivity contribution is 4.67. The Morgan fingerprint density at radius 1 is 0.615 bits per heavy atom. The van der Waals surface area contributed by atoms with Crippen molar-refractivity contribution in [1.82, 2.24) is 9.80 Å². The Kier molecular flexibility index (Phi) is 18.2. The number of ether oxygens (including phenoxy) is 1. The van der Waals surface area contributed by atoms with E-state index >= 15 is 0 Å². The minimum Gasteiger partial charge on any atom is -0.373 e. The van der Waals surface area contributed by atoms with E-state index in [1.54, 1.807) is 0 Å². The zero-order valence-electron chi connectivity index (χ0n) is 19.1. The summed E-state index contributed by atoms with van der Waals surface area (Å²) in [7, 11) is 8.51. The molecule has 0 bridgehead atoms. The van der Waals surface area contributed by atoms with Crippen molar-refractivity contribution < 1.29 is 4.74 Å². The third-order valence-electron chi connectivity index (χ3n) is 5.03. The van der Waals surface area contributed by atoms with Crippen molar-refractivity contribution in [2.75, 3.05) is 41.3 Å². The number of hydrogen-bond donors (Lipinski definition) is 0. The summed E-state index contributed by atoms with van der Waals surface area (Å²) >= 11 is 0. The van der Waals surface area contributed by atoms with Gasteiger partial charge in [-0.1, -0.05) is 84.0 Å². The summed E-state index contributed by atoms with van der Waals surface area (Å²) in [5, 5.41) is 0. The average molecular weight is 371 g/mol. The molecule has 158 valence electrons. The molecule has 0 saturated heterocycles. The smallest absolute Gasteiger partial charge is 0.0831 e. The van der Waals surface area contributed by atoms with Gasteiger partial charge < -0.3 is 14.5 Å². The Morgan fingerprint density at radius 2 is 1.00 bits per heavy atom. The molecule has 0 fully saturated rings. The van der Waals surface area contributed by atoms with E-state index in [9.17, 15) is 0 Å². The molecule has 0 saturated carbocycles. The molecule has 0 rings (SSSR count). The van der Waals surface area contributed by atoms with Gasteiger partial charge in [-0.05, 0) is 41.5 Å². The third-order valence-corrected chi connectivity index (χ3v) is 5.03. The largest absolute Gasteiger partial charge is 0.373 e. The van der Waals surface area contributed by atoms with Gasteiger partial charge in [-0.3, -0.25) is 0 Å². The van der Waals surface area contributed by atoms with E-state index in [2.05, 4.69) is 51.8 Å². The van der Waals surface area contributed by atoms with Crippen molar-refractivity contribution >= 4 is 0 Å². The second kappa shape index (κ2) is 18.3. The maximum absolute atomic E-state index is 6.29. The van der Waals surface area contributed by atoms with Crippen LogP contribution in [-0.2, 0) is 4.74 Å². The van der Waals surface area contributed by atoms with Crippen LogP contribution in [0.15, 0.2) is 0 Å². The Bertz CT molecular complexity index is 271. The lowest BCUT2D eigenvalue weighted by molar-refractivity contribution is -0.0291. The van der Waals surface area contributed by atoms with E-state index in [1.165, 1.54) is 83.5 Å². The lowest BCUT2D eigenvalue weighted by Crippen LogP contribution is -2.38. The van der Waals surface area contributed by atoms with Gasteiger partial charge in [-0.2, -0.15) is 0 Å². The standard InChI is InChI=1S/C23H50N2O/c1-7-8-9-10-11-12-13-14-15-16-17-18-19-22(2)26-23(20-24(3)4)21-25(5)6/h22-23H,7-21H2,1-6H3. The minimum absolute atomic E-state index is 0.312. The van der Waals surface area contributed by atoms with Gasteiger partial charge in [0, 0.05) is 13.1 Å². The molecule has 1 unspecified atom stereocenters. The summed E-state index contributed by atoms with van der Waals surface area (Å²) in [5.41, 5.74) is 0. The Morgan fingerprint density at radius 3 is 1.38 bits per heavy atom. The number of nitrogens with zero attached hydrogens (tertiary/aromatic N) is 2. The lowest BCUT2D eigenvalue weighted by Gasteiger charge is -2.27. The summed E-state index contributed by atoms with van der Waals surface area (Å²) in [6.07, 6.45) is 18.9. The fourth-order valence-electron chi connectivity index (χ4n) is 3.63. The van der Waals surface area contributed by atoms with E-state index in [0.717, 1.165) is 13.1 Å². The van der Waals surface area contributed by atoms with Crippen LogP contribution < -0.4 is 0 Å². The molecule has 1 atom stereocenters. The van der Waals surface area contributed by atoms with Gasteiger partial charge in [0.05, 0.1) is 12.2 Å². The topological polar surface area (TPSA) is 15.7 Å². The molecule has 0 aromatic heterocycles. The maximum Gasteiger partial charge on any atom is 0.0831 e. The molecule has 0 aromatic rings. The van der Waals surface area contributed by atoms with Crippen molar-refractivity contribution in [2.24, 2.45) is 0 Å². The van der Waals surface area contributed by atoms with Crippen LogP contribution in [0.2, 0.25) is 0 Å². The van der Waals surface area contributed by atoms with E-state index < -0.39 is 0 Å². The monoisotopic (exact) mass is 370 g/mol. The molecular weight excluding hydrogens is 320 g/mol. The molecule has 0 aliphatic rings. The molecule has 0 N–H and O–H groups in total. The van der Waals surface area contributed by atoms with Crippen molar-refractivity contribution in [3.63, 3.8) is 0 Å². The van der Waals surface area contributed by atoms with Gasteiger partial charge >= 0.3 is 0 Å². The van der Waals surface area contributed by atoms with Crippen LogP contribution in [0.25, 0.3) is 0 Å². The van der Waals surface area contributed by atoms with E-state index in [-0.39, 0.29) is 0 Å². The van der Waals surface area contributed by atoms with Gasteiger partial charge in [0.25, 0.3) is 0 Å².